The van der Waals surface area contributed by atoms with E-state index in [1.165, 1.54) is 38.2 Å². The molecule has 8 rings (SSSR count). The molecule has 0 amide bonds. The number of aryl methyl sites for hydroxylation is 2. The van der Waals surface area contributed by atoms with Crippen LogP contribution in [0, 0.1) is 22.7 Å². The van der Waals surface area contributed by atoms with Crippen LogP contribution >= 0.6 is 34.4 Å². The minimum absolute atomic E-state index is 0.518. The van der Waals surface area contributed by atoms with Crippen LogP contribution < -0.4 is 31.8 Å². The molecule has 0 aliphatic rings. The molecular formula is C56H50Cl2N2P2. The molecule has 0 spiro atoms. The van der Waals surface area contributed by atoms with Gasteiger partial charge in [0.05, 0.1) is 0 Å². The molecule has 0 unspecified atom stereocenters. The summed E-state index contributed by atoms with van der Waals surface area (Å²) < 4.78 is 0. The van der Waals surface area contributed by atoms with Gasteiger partial charge < -0.3 is 0 Å². The van der Waals surface area contributed by atoms with E-state index in [2.05, 4.69) is 206 Å². The van der Waals surface area contributed by atoms with Gasteiger partial charge in [0.2, 0.25) is 0 Å². The van der Waals surface area contributed by atoms with Crippen molar-refractivity contribution in [2.45, 2.75) is 38.0 Å². The third-order valence-electron chi connectivity index (χ3n) is 11.8. The number of nitrogens with zero attached hydrogens (tertiary/aromatic N) is 2. The molecule has 0 fully saturated rings. The number of halogens is 2. The average molecular weight is 884 g/mol. The van der Waals surface area contributed by atoms with Crippen LogP contribution in [0.4, 0.5) is 0 Å². The van der Waals surface area contributed by atoms with Gasteiger partial charge in [-0.25, -0.2) is 0 Å². The molecule has 308 valence electrons. The molecule has 62 heavy (non-hydrogen) atoms. The Balaban J connectivity index is 0.000000186. The van der Waals surface area contributed by atoms with Gasteiger partial charge in [-0.2, -0.15) is 0 Å². The first-order valence-electron chi connectivity index (χ1n) is 21.0. The molecule has 0 saturated heterocycles. The molecule has 0 aromatic heterocycles. The Bertz CT molecular complexity index is 2540. The summed E-state index contributed by atoms with van der Waals surface area (Å²) in [5, 5.41) is 24.9. The van der Waals surface area contributed by atoms with Crippen molar-refractivity contribution < 1.29 is 0 Å². The van der Waals surface area contributed by atoms with Gasteiger partial charge in [-0.1, -0.05) is 0 Å². The summed E-state index contributed by atoms with van der Waals surface area (Å²) in [6.45, 7) is 0. The van der Waals surface area contributed by atoms with E-state index < -0.39 is 11.9 Å². The molecule has 0 aliphatic heterocycles. The van der Waals surface area contributed by atoms with Crippen molar-refractivity contribution >= 4 is 66.2 Å². The average Bonchev–Trinajstić information content (AvgIpc) is 3.35. The fourth-order valence-electron chi connectivity index (χ4n) is 8.66. The van der Waals surface area contributed by atoms with E-state index in [1.807, 2.05) is 36.4 Å². The normalized spacial score (nSPS) is 12.5. The summed E-state index contributed by atoms with van der Waals surface area (Å²) in [6.07, 6.45) is 4.02. The Morgan fingerprint density at radius 3 is 0.903 bits per heavy atom. The van der Waals surface area contributed by atoms with Gasteiger partial charge in [-0.05, 0) is 0 Å². The van der Waals surface area contributed by atoms with E-state index >= 15 is 0 Å². The monoisotopic (exact) mass is 882 g/mol. The summed E-state index contributed by atoms with van der Waals surface area (Å²) in [6, 6.07) is 84.9. The molecule has 0 aliphatic carbocycles. The number of hydrogen-bond acceptors (Lipinski definition) is 2. The fraction of sp³-hybridized carbons (Fsp3) is 0.107. The summed E-state index contributed by atoms with van der Waals surface area (Å²) in [7, 11) is 0. The van der Waals surface area contributed by atoms with Gasteiger partial charge in [0.15, 0.2) is 0 Å². The topological polar surface area (TPSA) is 47.6 Å². The number of rotatable bonds is 14. The molecule has 8 aromatic rings. The maximum absolute atomic E-state index is 9.01. The second-order valence-electron chi connectivity index (χ2n) is 15.6. The Morgan fingerprint density at radius 1 is 0.306 bits per heavy atom. The quantitative estimate of drug-likeness (QED) is 0.102. The van der Waals surface area contributed by atoms with Gasteiger partial charge in [0.1, 0.15) is 0 Å². The first kappa shape index (κ1) is 44.2. The number of hydrogen-bond donors (Lipinski definition) is 0. The first-order valence-corrected chi connectivity index (χ1v) is 27.6. The molecule has 0 saturated carbocycles. The molecule has 2 nitrogen and oxygen atoms in total. The van der Waals surface area contributed by atoms with Crippen molar-refractivity contribution in [3.05, 3.63) is 253 Å². The molecule has 0 heterocycles. The zero-order valence-electron chi connectivity index (χ0n) is 34.7. The van der Waals surface area contributed by atoms with Crippen LogP contribution in [0.25, 0.3) is 0 Å². The Labute approximate surface area is 377 Å². The second kappa shape index (κ2) is 19.9. The Hall–Kier alpha value is -5.82. The van der Waals surface area contributed by atoms with E-state index in [4.69, 9.17) is 33.0 Å². The van der Waals surface area contributed by atoms with Crippen LogP contribution in [0.15, 0.2) is 231 Å². The number of benzene rings is 8. The van der Waals surface area contributed by atoms with E-state index in [1.54, 1.807) is 0 Å². The van der Waals surface area contributed by atoms with E-state index in [0.29, 0.717) is 19.0 Å². The van der Waals surface area contributed by atoms with Crippen molar-refractivity contribution in [3.8, 4) is 12.1 Å². The summed E-state index contributed by atoms with van der Waals surface area (Å²) in [5.74, 6) is -6.63. The van der Waals surface area contributed by atoms with Crippen molar-refractivity contribution in [3.63, 3.8) is 0 Å². The number of nitriles is 2. The molecular weight excluding hydrogens is 833 g/mol. The van der Waals surface area contributed by atoms with Gasteiger partial charge in [-0.3, -0.25) is 0 Å². The fourth-order valence-corrected chi connectivity index (χ4v) is 20.9. The zero-order valence-corrected chi connectivity index (χ0v) is 38.0. The van der Waals surface area contributed by atoms with E-state index in [9.17, 15) is 0 Å². The van der Waals surface area contributed by atoms with Crippen LogP contribution in [-0.4, -0.2) is 0 Å². The minimum atomic E-state index is -3.33. The maximum atomic E-state index is 9.01. The standard InChI is InChI=1S/2C28H25ClNP/c29-31(26-15-4-1-5-16-26,27-17-6-2-7-18-27,28-19-8-3-9-20-28)23-25-13-10-12-24(22-25)14-11-21-30;29-31(26-12-4-1-5-13-26,27-14-6-2-7-15-27,28-16-8-3-9-17-28)23-25-20-18-24(19-21-25)11-10-22-30/h1-10,12-13,15-20,22H,11,14,23H2;1-9,12-21H,10-11,23H2. The third kappa shape index (κ3) is 9.04. The predicted octanol–water partition coefficient (Wildman–Crippen LogP) is 12.7. The SMILES string of the molecule is N#CCCc1ccc(CP(Cl)(c2ccccc2)(c2ccccc2)c2ccccc2)cc1.N#CCCc1cccc(CP(Cl)(c2ccccc2)(c2ccccc2)c2ccccc2)c1. The third-order valence-corrected chi connectivity index (χ3v) is 26.2. The summed E-state index contributed by atoms with van der Waals surface area (Å²) in [4.78, 5) is 0. The van der Waals surface area contributed by atoms with Crippen molar-refractivity contribution in [2.24, 2.45) is 0 Å². The van der Waals surface area contributed by atoms with Crippen molar-refractivity contribution in [1.82, 2.24) is 0 Å². The summed E-state index contributed by atoms with van der Waals surface area (Å²) in [5.41, 5.74) is 4.75. The predicted molar refractivity (Wildman–Crippen MR) is 270 cm³/mol. The van der Waals surface area contributed by atoms with Crippen LogP contribution in [0.5, 0.6) is 0 Å². The van der Waals surface area contributed by atoms with Crippen molar-refractivity contribution in [1.29, 1.82) is 10.5 Å². The molecule has 8 aromatic carbocycles. The molecule has 0 radical (unpaired) electrons. The second-order valence-corrected chi connectivity index (χ2v) is 28.6. The van der Waals surface area contributed by atoms with Gasteiger partial charge in [0.25, 0.3) is 0 Å². The van der Waals surface area contributed by atoms with Crippen molar-refractivity contribution in [2.75, 3.05) is 0 Å². The van der Waals surface area contributed by atoms with Crippen LogP contribution in [0.3, 0.4) is 0 Å². The molecule has 6 heteroatoms. The van der Waals surface area contributed by atoms with E-state index in [-0.39, 0.29) is 0 Å². The Morgan fingerprint density at radius 2 is 0.581 bits per heavy atom. The van der Waals surface area contributed by atoms with Crippen LogP contribution in [-0.2, 0) is 25.2 Å². The van der Waals surface area contributed by atoms with E-state index in [0.717, 1.165) is 34.9 Å². The first-order chi connectivity index (χ1) is 30.3. The van der Waals surface area contributed by atoms with Gasteiger partial charge >= 0.3 is 380 Å². The zero-order chi connectivity index (χ0) is 43.2. The Kier molecular flexibility index (Phi) is 14.2. The molecule has 0 atom stereocenters. The van der Waals surface area contributed by atoms with Gasteiger partial charge in [0, 0.05) is 0 Å². The van der Waals surface area contributed by atoms with Crippen LogP contribution in [0.2, 0.25) is 0 Å². The van der Waals surface area contributed by atoms with Crippen LogP contribution in [0.1, 0.15) is 35.1 Å². The summed E-state index contributed by atoms with van der Waals surface area (Å²) >= 11 is 16.3. The molecule has 0 bridgehead atoms. The molecule has 0 N–H and O–H groups in total. The van der Waals surface area contributed by atoms with Gasteiger partial charge in [-0.15, -0.1) is 0 Å².